The van der Waals surface area contributed by atoms with E-state index in [1.807, 2.05) is 22.4 Å². The minimum absolute atomic E-state index is 0.196. The fraction of sp³-hybridized carbons (Fsp3) is 0.643. The van der Waals surface area contributed by atoms with Gasteiger partial charge in [-0.2, -0.15) is 0 Å². The molecule has 4 heteroatoms. The van der Waals surface area contributed by atoms with Crippen LogP contribution in [0.3, 0.4) is 0 Å². The van der Waals surface area contributed by atoms with E-state index in [1.165, 1.54) is 0 Å². The fourth-order valence-corrected chi connectivity index (χ4v) is 3.57. The molecular formula is C14H21NO2S. The number of rotatable bonds is 4. The van der Waals surface area contributed by atoms with Gasteiger partial charge in [0.2, 0.25) is 5.91 Å². The number of hydrogen-bond donors (Lipinski definition) is 1. The minimum atomic E-state index is 0.196. The number of carbonyl (C=O) groups excluding carboxylic acids is 1. The van der Waals surface area contributed by atoms with Gasteiger partial charge in [0, 0.05) is 30.0 Å². The van der Waals surface area contributed by atoms with Crippen LogP contribution in [0.1, 0.15) is 31.1 Å². The first-order valence-corrected chi connectivity index (χ1v) is 7.57. The summed E-state index contributed by atoms with van der Waals surface area (Å²) in [5, 5.41) is 11.4. The van der Waals surface area contributed by atoms with Crippen molar-refractivity contribution in [3.8, 4) is 0 Å². The van der Waals surface area contributed by atoms with Gasteiger partial charge < -0.3 is 10.0 Å². The van der Waals surface area contributed by atoms with Gasteiger partial charge in [-0.25, -0.2) is 0 Å². The Hall–Kier alpha value is -0.870. The van der Waals surface area contributed by atoms with Gasteiger partial charge in [0.15, 0.2) is 0 Å². The van der Waals surface area contributed by atoms with Crippen molar-refractivity contribution >= 4 is 17.2 Å². The number of thiophene rings is 1. The molecule has 1 unspecified atom stereocenters. The molecule has 1 aliphatic rings. The number of carbonyl (C=O) groups is 1. The number of piperidine rings is 1. The quantitative estimate of drug-likeness (QED) is 0.909. The maximum atomic E-state index is 12.3. The molecule has 0 aliphatic carbocycles. The molecule has 1 N–H and O–H groups in total. The average molecular weight is 267 g/mol. The molecule has 1 aromatic rings. The van der Waals surface area contributed by atoms with Crippen LogP contribution in [-0.2, 0) is 11.2 Å². The van der Waals surface area contributed by atoms with Crippen LogP contribution in [0, 0.1) is 5.92 Å². The highest BCUT2D eigenvalue weighted by molar-refractivity contribution is 7.10. The van der Waals surface area contributed by atoms with E-state index in [2.05, 4.69) is 6.92 Å². The molecular weight excluding hydrogens is 246 g/mol. The zero-order chi connectivity index (χ0) is 13.0. The van der Waals surface area contributed by atoms with E-state index in [0.29, 0.717) is 6.42 Å². The molecule has 1 amide bonds. The average Bonchev–Trinajstić information content (AvgIpc) is 2.90. The molecule has 0 bridgehead atoms. The van der Waals surface area contributed by atoms with Gasteiger partial charge in [-0.05, 0) is 30.7 Å². The Labute approximate surface area is 112 Å². The van der Waals surface area contributed by atoms with Crippen LogP contribution in [0.5, 0.6) is 0 Å². The zero-order valence-corrected chi connectivity index (χ0v) is 11.7. The number of aliphatic hydroxyl groups is 1. The summed E-state index contributed by atoms with van der Waals surface area (Å²) in [7, 11) is 0. The van der Waals surface area contributed by atoms with E-state index in [9.17, 15) is 9.90 Å². The Kier molecular flexibility index (Phi) is 4.78. The molecule has 1 aromatic heterocycles. The fourth-order valence-electron chi connectivity index (χ4n) is 2.88. The van der Waals surface area contributed by atoms with E-state index in [0.717, 1.165) is 30.7 Å². The number of likely N-dealkylation sites (tertiary alicyclic amines) is 1. The maximum absolute atomic E-state index is 12.3. The molecule has 1 fully saturated rings. The Morgan fingerprint density at radius 3 is 3.06 bits per heavy atom. The largest absolute Gasteiger partial charge is 0.396 e. The molecule has 18 heavy (non-hydrogen) atoms. The molecule has 1 aliphatic heterocycles. The van der Waals surface area contributed by atoms with Crippen molar-refractivity contribution in [3.63, 3.8) is 0 Å². The maximum Gasteiger partial charge on any atom is 0.228 e. The summed E-state index contributed by atoms with van der Waals surface area (Å²) in [6.45, 7) is 3.14. The lowest BCUT2D eigenvalue weighted by molar-refractivity contribution is -0.136. The van der Waals surface area contributed by atoms with Gasteiger partial charge in [-0.3, -0.25) is 4.79 Å². The van der Waals surface area contributed by atoms with Crippen LogP contribution in [0.2, 0.25) is 0 Å². The molecule has 2 rings (SSSR count). The summed E-state index contributed by atoms with van der Waals surface area (Å²) in [6.07, 6.45) is 3.49. The predicted molar refractivity (Wildman–Crippen MR) is 73.6 cm³/mol. The number of amides is 1. The zero-order valence-electron chi connectivity index (χ0n) is 10.8. The first-order chi connectivity index (χ1) is 8.76. The second-order valence-electron chi connectivity index (χ2n) is 4.90. The second-order valence-corrected chi connectivity index (χ2v) is 5.94. The van der Waals surface area contributed by atoms with E-state index in [-0.39, 0.29) is 24.5 Å². The van der Waals surface area contributed by atoms with Crippen LogP contribution in [0.15, 0.2) is 17.5 Å². The van der Waals surface area contributed by atoms with Crippen LogP contribution < -0.4 is 0 Å². The SMILES string of the molecule is CC[C@H]1C(CO)CCCN1C(=O)Cc1cccs1. The standard InChI is InChI=1S/C14H21NO2S/c1-2-13-11(10-16)5-3-7-15(13)14(17)9-12-6-4-8-18-12/h4,6,8,11,13,16H,2-3,5,7,9-10H2,1H3/t11?,13-/m0/s1. The Morgan fingerprint density at radius 2 is 2.44 bits per heavy atom. The normalized spacial score (nSPS) is 24.2. The van der Waals surface area contributed by atoms with Crippen LogP contribution in [-0.4, -0.2) is 35.1 Å². The van der Waals surface area contributed by atoms with E-state index >= 15 is 0 Å². The predicted octanol–water partition coefficient (Wildman–Crippen LogP) is 2.30. The van der Waals surface area contributed by atoms with Crippen molar-refractivity contribution < 1.29 is 9.90 Å². The van der Waals surface area contributed by atoms with Crippen molar-refractivity contribution in [1.29, 1.82) is 0 Å². The summed E-state index contributed by atoms with van der Waals surface area (Å²) in [5.41, 5.74) is 0. The molecule has 0 spiro atoms. The highest BCUT2D eigenvalue weighted by Gasteiger charge is 2.32. The summed E-state index contributed by atoms with van der Waals surface area (Å²) in [5.74, 6) is 0.471. The number of aliphatic hydroxyl groups excluding tert-OH is 1. The summed E-state index contributed by atoms with van der Waals surface area (Å²) < 4.78 is 0. The van der Waals surface area contributed by atoms with Gasteiger partial charge in [0.05, 0.1) is 6.42 Å². The first-order valence-electron chi connectivity index (χ1n) is 6.69. The number of hydrogen-bond acceptors (Lipinski definition) is 3. The smallest absolute Gasteiger partial charge is 0.228 e. The summed E-state index contributed by atoms with van der Waals surface area (Å²) in [4.78, 5) is 15.5. The topological polar surface area (TPSA) is 40.5 Å². The van der Waals surface area contributed by atoms with Crippen molar-refractivity contribution in [3.05, 3.63) is 22.4 Å². The van der Waals surface area contributed by atoms with Crippen molar-refractivity contribution in [2.45, 2.75) is 38.6 Å². The molecule has 1 saturated heterocycles. The Morgan fingerprint density at radius 1 is 1.61 bits per heavy atom. The minimum Gasteiger partial charge on any atom is -0.396 e. The number of nitrogens with zero attached hydrogens (tertiary/aromatic N) is 1. The van der Waals surface area contributed by atoms with E-state index < -0.39 is 0 Å². The molecule has 3 nitrogen and oxygen atoms in total. The third-order valence-corrected chi connectivity index (χ3v) is 4.67. The summed E-state index contributed by atoms with van der Waals surface area (Å²) in [6, 6.07) is 4.21. The third-order valence-electron chi connectivity index (χ3n) is 3.80. The molecule has 100 valence electrons. The molecule has 0 aromatic carbocycles. The molecule has 2 heterocycles. The van der Waals surface area contributed by atoms with Crippen molar-refractivity contribution in [1.82, 2.24) is 4.90 Å². The lowest BCUT2D eigenvalue weighted by atomic mass is 9.88. The Balaban J connectivity index is 2.03. The van der Waals surface area contributed by atoms with Crippen LogP contribution >= 0.6 is 11.3 Å². The van der Waals surface area contributed by atoms with Gasteiger partial charge in [0.25, 0.3) is 0 Å². The van der Waals surface area contributed by atoms with Crippen molar-refractivity contribution in [2.24, 2.45) is 5.92 Å². The van der Waals surface area contributed by atoms with Gasteiger partial charge >= 0.3 is 0 Å². The molecule has 0 radical (unpaired) electrons. The van der Waals surface area contributed by atoms with Crippen molar-refractivity contribution in [2.75, 3.05) is 13.2 Å². The van der Waals surface area contributed by atoms with Gasteiger partial charge in [-0.1, -0.05) is 13.0 Å². The molecule has 0 saturated carbocycles. The van der Waals surface area contributed by atoms with Gasteiger partial charge in [0.1, 0.15) is 0 Å². The lowest BCUT2D eigenvalue weighted by Crippen LogP contribution is -2.49. The summed E-state index contributed by atoms with van der Waals surface area (Å²) >= 11 is 1.63. The van der Waals surface area contributed by atoms with E-state index in [4.69, 9.17) is 0 Å². The van der Waals surface area contributed by atoms with E-state index in [1.54, 1.807) is 11.3 Å². The molecule has 2 atom stereocenters. The first kappa shape index (κ1) is 13.6. The highest BCUT2D eigenvalue weighted by atomic mass is 32.1. The lowest BCUT2D eigenvalue weighted by Gasteiger charge is -2.40. The van der Waals surface area contributed by atoms with Gasteiger partial charge in [-0.15, -0.1) is 11.3 Å². The highest BCUT2D eigenvalue weighted by Crippen LogP contribution is 2.26. The van der Waals surface area contributed by atoms with Crippen LogP contribution in [0.25, 0.3) is 0 Å². The third kappa shape index (κ3) is 2.93. The van der Waals surface area contributed by atoms with Crippen LogP contribution in [0.4, 0.5) is 0 Å². The Bertz CT molecular complexity index is 377. The monoisotopic (exact) mass is 267 g/mol. The second kappa shape index (κ2) is 6.34.